The topological polar surface area (TPSA) is 72.2 Å². The number of benzene rings is 1. The van der Waals surface area contributed by atoms with E-state index in [1.807, 2.05) is 44.2 Å². The van der Waals surface area contributed by atoms with Crippen LogP contribution in [0.25, 0.3) is 5.78 Å². The molecule has 3 aromatic rings. The summed E-state index contributed by atoms with van der Waals surface area (Å²) in [5.74, 6) is 0.200. The fourth-order valence-electron chi connectivity index (χ4n) is 2.34. The SMILES string of the molecule is CC[C@H](NC(=O)c1nc2nccc(C)n2n1)c1ccc(Cl)cc1. The standard InChI is InChI=1S/C16H16ClN5O/c1-3-13(11-4-6-12(17)7-5-11)19-15(23)14-20-16-18-9-8-10(2)22(16)21-14/h4-9,13H,3H2,1-2H3,(H,19,23)/t13-/m0/s1. The molecule has 1 amide bonds. The van der Waals surface area contributed by atoms with Crippen molar-refractivity contribution in [2.24, 2.45) is 0 Å². The lowest BCUT2D eigenvalue weighted by molar-refractivity contribution is 0.0925. The molecular weight excluding hydrogens is 314 g/mol. The molecule has 0 saturated heterocycles. The van der Waals surface area contributed by atoms with Crippen molar-refractivity contribution >= 4 is 23.3 Å². The second kappa shape index (κ2) is 6.34. The molecule has 7 heteroatoms. The van der Waals surface area contributed by atoms with E-state index in [1.54, 1.807) is 10.7 Å². The van der Waals surface area contributed by atoms with Gasteiger partial charge >= 0.3 is 0 Å². The Balaban J connectivity index is 1.83. The summed E-state index contributed by atoms with van der Waals surface area (Å²) in [5, 5.41) is 7.83. The van der Waals surface area contributed by atoms with Gasteiger partial charge in [0.05, 0.1) is 6.04 Å². The predicted octanol–water partition coefficient (Wildman–Crippen LogP) is 2.97. The van der Waals surface area contributed by atoms with E-state index in [-0.39, 0.29) is 17.8 Å². The van der Waals surface area contributed by atoms with Gasteiger partial charge in [-0.25, -0.2) is 9.50 Å². The van der Waals surface area contributed by atoms with Crippen molar-refractivity contribution < 1.29 is 4.79 Å². The fourth-order valence-corrected chi connectivity index (χ4v) is 2.47. The highest BCUT2D eigenvalue weighted by Crippen LogP contribution is 2.19. The maximum atomic E-state index is 12.4. The number of hydrogen-bond donors (Lipinski definition) is 1. The maximum Gasteiger partial charge on any atom is 0.291 e. The number of hydrogen-bond acceptors (Lipinski definition) is 4. The minimum absolute atomic E-state index is 0.110. The number of nitrogens with zero attached hydrogens (tertiary/aromatic N) is 4. The zero-order chi connectivity index (χ0) is 16.4. The van der Waals surface area contributed by atoms with Crippen LogP contribution in [0, 0.1) is 6.92 Å². The van der Waals surface area contributed by atoms with E-state index in [1.165, 1.54) is 0 Å². The zero-order valence-corrected chi connectivity index (χ0v) is 13.6. The highest BCUT2D eigenvalue weighted by Gasteiger charge is 2.18. The summed E-state index contributed by atoms with van der Waals surface area (Å²) in [7, 11) is 0. The first-order chi connectivity index (χ1) is 11.1. The molecule has 118 valence electrons. The number of nitrogens with one attached hydrogen (secondary N) is 1. The van der Waals surface area contributed by atoms with Crippen molar-refractivity contribution in [3.63, 3.8) is 0 Å². The summed E-state index contributed by atoms with van der Waals surface area (Å²) >= 11 is 5.90. The lowest BCUT2D eigenvalue weighted by Gasteiger charge is -2.16. The highest BCUT2D eigenvalue weighted by atomic mass is 35.5. The van der Waals surface area contributed by atoms with Crippen LogP contribution < -0.4 is 5.32 Å². The molecule has 2 heterocycles. The van der Waals surface area contributed by atoms with Crippen molar-refractivity contribution in [2.45, 2.75) is 26.3 Å². The molecule has 0 aliphatic heterocycles. The van der Waals surface area contributed by atoms with Crippen molar-refractivity contribution in [1.82, 2.24) is 24.9 Å². The Kier molecular flexibility index (Phi) is 4.25. The number of amides is 1. The Labute approximate surface area is 138 Å². The van der Waals surface area contributed by atoms with Crippen LogP contribution in [0.3, 0.4) is 0 Å². The number of aromatic nitrogens is 4. The number of fused-ring (bicyclic) bond motifs is 1. The fraction of sp³-hybridized carbons (Fsp3) is 0.250. The molecule has 2 aromatic heterocycles. The van der Waals surface area contributed by atoms with Gasteiger partial charge < -0.3 is 5.32 Å². The first-order valence-corrected chi connectivity index (χ1v) is 7.71. The number of rotatable bonds is 4. The molecule has 0 radical (unpaired) electrons. The van der Waals surface area contributed by atoms with Gasteiger partial charge in [0, 0.05) is 16.9 Å². The first kappa shape index (κ1) is 15.4. The Hall–Kier alpha value is -2.47. The van der Waals surface area contributed by atoms with Gasteiger partial charge in [-0.3, -0.25) is 4.79 Å². The van der Waals surface area contributed by atoms with Crippen molar-refractivity contribution in [3.05, 3.63) is 58.6 Å². The normalized spacial score (nSPS) is 12.3. The van der Waals surface area contributed by atoms with Crippen molar-refractivity contribution in [3.8, 4) is 0 Å². The maximum absolute atomic E-state index is 12.4. The molecule has 0 aliphatic carbocycles. The number of carbonyl (C=O) groups excluding carboxylic acids is 1. The minimum atomic E-state index is -0.322. The Morgan fingerprint density at radius 2 is 2.04 bits per heavy atom. The lowest BCUT2D eigenvalue weighted by atomic mass is 10.0. The molecule has 1 N–H and O–H groups in total. The summed E-state index contributed by atoms with van der Waals surface area (Å²) in [6.07, 6.45) is 2.39. The molecule has 6 nitrogen and oxygen atoms in total. The molecule has 0 bridgehead atoms. The van der Waals surface area contributed by atoms with E-state index in [0.717, 1.165) is 17.7 Å². The van der Waals surface area contributed by atoms with Gasteiger partial charge in [0.15, 0.2) is 0 Å². The third-order valence-corrected chi connectivity index (χ3v) is 3.87. The molecule has 3 rings (SSSR count). The van der Waals surface area contributed by atoms with E-state index in [0.29, 0.717) is 10.8 Å². The van der Waals surface area contributed by atoms with Crippen LogP contribution in [0.5, 0.6) is 0 Å². The van der Waals surface area contributed by atoms with Crippen LogP contribution in [0.4, 0.5) is 0 Å². The van der Waals surface area contributed by atoms with Crippen molar-refractivity contribution in [2.75, 3.05) is 0 Å². The molecule has 0 saturated carbocycles. The molecule has 0 unspecified atom stereocenters. The third kappa shape index (κ3) is 3.17. The summed E-state index contributed by atoms with van der Waals surface area (Å²) in [6.45, 7) is 3.88. The van der Waals surface area contributed by atoms with Gasteiger partial charge in [0.1, 0.15) is 0 Å². The van der Waals surface area contributed by atoms with Crippen LogP contribution in [-0.4, -0.2) is 25.5 Å². The number of aryl methyl sites for hydroxylation is 1. The molecule has 0 spiro atoms. The predicted molar refractivity (Wildman–Crippen MR) is 87.5 cm³/mol. The van der Waals surface area contributed by atoms with Crippen molar-refractivity contribution in [1.29, 1.82) is 0 Å². The van der Waals surface area contributed by atoms with E-state index in [9.17, 15) is 4.79 Å². The Morgan fingerprint density at radius 3 is 2.70 bits per heavy atom. The molecule has 0 fully saturated rings. The zero-order valence-electron chi connectivity index (χ0n) is 12.8. The van der Waals surface area contributed by atoms with Gasteiger partial charge in [0.2, 0.25) is 5.82 Å². The van der Waals surface area contributed by atoms with Crippen LogP contribution >= 0.6 is 11.6 Å². The second-order valence-electron chi connectivity index (χ2n) is 5.22. The Morgan fingerprint density at radius 1 is 1.30 bits per heavy atom. The minimum Gasteiger partial charge on any atom is -0.342 e. The monoisotopic (exact) mass is 329 g/mol. The van der Waals surface area contributed by atoms with Crippen LogP contribution in [0.2, 0.25) is 5.02 Å². The Bertz CT molecular complexity index is 843. The van der Waals surface area contributed by atoms with E-state index < -0.39 is 0 Å². The van der Waals surface area contributed by atoms with Gasteiger partial charge in [-0.1, -0.05) is 30.7 Å². The largest absolute Gasteiger partial charge is 0.342 e. The highest BCUT2D eigenvalue weighted by molar-refractivity contribution is 6.30. The van der Waals surface area contributed by atoms with E-state index in [4.69, 9.17) is 11.6 Å². The number of carbonyl (C=O) groups is 1. The summed E-state index contributed by atoms with van der Waals surface area (Å²) in [5.41, 5.74) is 1.86. The summed E-state index contributed by atoms with van der Waals surface area (Å²) < 4.78 is 1.55. The average Bonchev–Trinajstić information content (AvgIpc) is 2.99. The lowest BCUT2D eigenvalue weighted by Crippen LogP contribution is -2.29. The molecule has 1 atom stereocenters. The van der Waals surface area contributed by atoms with Gasteiger partial charge in [0.25, 0.3) is 11.7 Å². The summed E-state index contributed by atoms with van der Waals surface area (Å²) in [4.78, 5) is 20.7. The van der Waals surface area contributed by atoms with Crippen LogP contribution in [-0.2, 0) is 0 Å². The number of halogens is 1. The van der Waals surface area contributed by atoms with E-state index in [2.05, 4.69) is 20.4 Å². The van der Waals surface area contributed by atoms with Crippen LogP contribution in [0.15, 0.2) is 36.5 Å². The first-order valence-electron chi connectivity index (χ1n) is 7.33. The van der Waals surface area contributed by atoms with Crippen LogP contribution in [0.1, 0.15) is 41.3 Å². The quantitative estimate of drug-likeness (QED) is 0.798. The summed E-state index contributed by atoms with van der Waals surface area (Å²) in [6, 6.07) is 9.11. The van der Waals surface area contributed by atoms with Gasteiger partial charge in [-0.05, 0) is 37.1 Å². The van der Waals surface area contributed by atoms with E-state index >= 15 is 0 Å². The molecule has 0 aliphatic rings. The second-order valence-corrected chi connectivity index (χ2v) is 5.66. The average molecular weight is 330 g/mol. The third-order valence-electron chi connectivity index (χ3n) is 3.62. The molecule has 1 aromatic carbocycles. The van der Waals surface area contributed by atoms with Gasteiger partial charge in [-0.2, -0.15) is 4.98 Å². The smallest absolute Gasteiger partial charge is 0.291 e. The van der Waals surface area contributed by atoms with Gasteiger partial charge in [-0.15, -0.1) is 5.10 Å². The molecule has 23 heavy (non-hydrogen) atoms. The molecular formula is C16H16ClN5O.